The fourth-order valence-electron chi connectivity index (χ4n) is 3.46. The summed E-state index contributed by atoms with van der Waals surface area (Å²) < 4.78 is 6.87. The Kier molecular flexibility index (Phi) is 6.47. The van der Waals surface area contributed by atoms with E-state index in [0.717, 1.165) is 24.9 Å². The molecule has 0 saturated heterocycles. The Bertz CT molecular complexity index is 711. The number of hydrogen-bond donors (Lipinski definition) is 0. The zero-order chi connectivity index (χ0) is 19.9. The number of nitrogens with zero attached hydrogens (tertiary/aromatic N) is 2. The van der Waals surface area contributed by atoms with Crippen LogP contribution in [0.25, 0.3) is 0 Å². The summed E-state index contributed by atoms with van der Waals surface area (Å²) in [5, 5.41) is 4.84. The van der Waals surface area contributed by atoms with Crippen molar-refractivity contribution in [1.82, 2.24) is 0 Å². The van der Waals surface area contributed by atoms with Gasteiger partial charge in [-0.3, -0.25) is 0 Å². The van der Waals surface area contributed by atoms with Crippen LogP contribution < -0.4 is 0 Å². The predicted octanol–water partition coefficient (Wildman–Crippen LogP) is 6.65. The predicted molar refractivity (Wildman–Crippen MR) is 111 cm³/mol. The van der Waals surface area contributed by atoms with Crippen molar-refractivity contribution in [3.05, 3.63) is 30.3 Å². The van der Waals surface area contributed by atoms with Crippen molar-refractivity contribution in [2.75, 3.05) is 7.11 Å². The zero-order valence-corrected chi connectivity index (χ0v) is 21.2. The molecular weight excluding hydrogens is 575 g/mol. The van der Waals surface area contributed by atoms with Crippen molar-refractivity contribution >= 4 is 73.8 Å². The summed E-state index contributed by atoms with van der Waals surface area (Å²) in [6.07, 6.45) is 3.23. The molecule has 148 valence electrons. The molecule has 0 radical (unpaired) electrons. The molecule has 0 aromatic heterocycles. The van der Waals surface area contributed by atoms with Crippen molar-refractivity contribution in [2.45, 2.75) is 37.8 Å². The maximum absolute atomic E-state index is 12.2. The van der Waals surface area contributed by atoms with Gasteiger partial charge in [-0.05, 0) is 24.9 Å². The number of benzene rings is 1. The SMILES string of the molecule is COC(=O)[C@H]1[C@@H]2CCC[C@]2(C)N=[N+]1c1ccccc1.[Cl][Sb-]([Cl])([Cl])([Cl])([Cl])[Cl]. The quantitative estimate of drug-likeness (QED) is 0.219. The topological polar surface area (TPSA) is 41.7 Å². The molecule has 1 aromatic rings. The normalized spacial score (nSPS) is 30.2. The van der Waals surface area contributed by atoms with Crippen molar-refractivity contribution in [3.63, 3.8) is 0 Å². The monoisotopic (exact) mass is 590 g/mol. The molecular formula is C15H19Cl6N2O2Sb. The number of methoxy groups -OCH3 is 1. The van der Waals surface area contributed by atoms with Crippen LogP contribution in [0.5, 0.6) is 0 Å². The second-order valence-corrected chi connectivity index (χ2v) is 63.5. The number of azo groups is 2. The molecule has 0 N–H and O–H groups in total. The van der Waals surface area contributed by atoms with Gasteiger partial charge in [0.1, 0.15) is 5.54 Å². The number of rotatable bonds is 2. The van der Waals surface area contributed by atoms with E-state index in [-0.39, 0.29) is 23.5 Å². The summed E-state index contributed by atoms with van der Waals surface area (Å²) in [6.45, 7) is 2.16. The molecule has 0 spiro atoms. The third-order valence-electron chi connectivity index (χ3n) is 4.44. The summed E-state index contributed by atoms with van der Waals surface area (Å²) >= 11 is 0. The first-order chi connectivity index (χ1) is 11.6. The third kappa shape index (κ3) is 7.03. The summed E-state index contributed by atoms with van der Waals surface area (Å²) in [4.78, 5) is 12.2. The maximum atomic E-state index is 12.2. The molecule has 3 atom stereocenters. The Morgan fingerprint density at radius 3 is 2.23 bits per heavy atom. The third-order valence-corrected chi connectivity index (χ3v) is 4.44. The van der Waals surface area contributed by atoms with Gasteiger partial charge in [-0.1, -0.05) is 29.3 Å². The minimum atomic E-state index is -5.42. The van der Waals surface area contributed by atoms with E-state index in [4.69, 9.17) is 62.8 Å². The number of ether oxygens (including phenoxy) is 1. The van der Waals surface area contributed by atoms with Gasteiger partial charge in [-0.2, -0.15) is 0 Å². The number of carbonyl (C=O) groups is 1. The van der Waals surface area contributed by atoms with Gasteiger partial charge in [-0.15, -0.1) is 0 Å². The van der Waals surface area contributed by atoms with Gasteiger partial charge in [-0.25, -0.2) is 4.79 Å². The summed E-state index contributed by atoms with van der Waals surface area (Å²) in [5.41, 5.74) is 0.850. The van der Waals surface area contributed by atoms with Crippen molar-refractivity contribution in [1.29, 1.82) is 0 Å². The van der Waals surface area contributed by atoms with E-state index >= 15 is 0 Å². The van der Waals surface area contributed by atoms with E-state index in [9.17, 15) is 4.79 Å². The van der Waals surface area contributed by atoms with E-state index in [1.54, 1.807) is 0 Å². The number of esters is 1. The molecule has 1 aromatic carbocycles. The summed E-state index contributed by atoms with van der Waals surface area (Å²) in [7, 11) is 26.4. The second-order valence-electron chi connectivity index (χ2n) is 6.56. The number of fused-ring (bicyclic) bond motifs is 1. The van der Waals surface area contributed by atoms with Crippen LogP contribution in [0.15, 0.2) is 35.4 Å². The van der Waals surface area contributed by atoms with Crippen LogP contribution in [0.1, 0.15) is 26.2 Å². The molecule has 0 amide bonds. The molecule has 1 saturated carbocycles. The van der Waals surface area contributed by atoms with Gasteiger partial charge in [0.25, 0.3) is 6.04 Å². The fourth-order valence-corrected chi connectivity index (χ4v) is 3.46. The van der Waals surface area contributed by atoms with Gasteiger partial charge in [0.15, 0.2) is 0 Å². The van der Waals surface area contributed by atoms with E-state index in [1.807, 2.05) is 35.0 Å². The van der Waals surface area contributed by atoms with Crippen LogP contribution in [0, 0.1) is 5.92 Å². The zero-order valence-electron chi connectivity index (χ0n) is 14.1. The summed E-state index contributed by atoms with van der Waals surface area (Å²) in [6, 6.07) is 9.61. The van der Waals surface area contributed by atoms with Crippen molar-refractivity contribution < 1.29 is 14.2 Å². The molecule has 0 bridgehead atoms. The van der Waals surface area contributed by atoms with Gasteiger partial charge in [0, 0.05) is 12.1 Å². The molecule has 11 heteroatoms. The minimum absolute atomic E-state index is 0.116. The Morgan fingerprint density at radius 2 is 1.73 bits per heavy atom. The standard InChI is InChI=1S/C15H19N2O2.6ClH.Sb/c1-15-10-6-9-12(15)13(14(18)19-2)17(16-15)11-7-4-3-5-8-11;;;;;;;/h3-5,7-8,12-13H,6,9-10H2,1-2H3;6*1H;/q+1;;;;;;;+5/p-6/t12-,13+,15-;;;;;;;/m0......./s1. The molecule has 1 fully saturated rings. The first-order valence-corrected chi connectivity index (χ1v) is 27.2. The number of para-hydroxylation sites is 1. The first kappa shape index (κ1) is 23.1. The van der Waals surface area contributed by atoms with Gasteiger partial charge >= 0.3 is 68.1 Å². The Hall–Kier alpha value is 0.848. The van der Waals surface area contributed by atoms with E-state index < -0.39 is 9.14 Å². The molecule has 26 heavy (non-hydrogen) atoms. The van der Waals surface area contributed by atoms with Gasteiger partial charge < -0.3 is 4.74 Å². The molecule has 0 unspecified atom stereocenters. The molecule has 4 nitrogen and oxygen atoms in total. The number of carbonyl (C=O) groups excluding carboxylic acids is 1. The van der Waals surface area contributed by atoms with Gasteiger partial charge in [0.05, 0.1) is 13.0 Å². The van der Waals surface area contributed by atoms with Crippen LogP contribution in [0.3, 0.4) is 0 Å². The average Bonchev–Trinajstić information content (AvgIpc) is 2.98. The molecule has 2 aliphatic rings. The summed E-state index contributed by atoms with van der Waals surface area (Å²) in [5.74, 6) is 0.0865. The van der Waals surface area contributed by atoms with Crippen LogP contribution in [0.4, 0.5) is 5.69 Å². The molecule has 1 heterocycles. The molecule has 1 aliphatic heterocycles. The van der Waals surface area contributed by atoms with E-state index in [2.05, 4.69) is 6.92 Å². The second kappa shape index (κ2) is 7.27. The van der Waals surface area contributed by atoms with E-state index in [1.165, 1.54) is 7.11 Å². The van der Waals surface area contributed by atoms with Crippen LogP contribution in [-0.4, -0.2) is 38.5 Å². The first-order valence-electron chi connectivity index (χ1n) is 7.82. The molecule has 3 rings (SSSR count). The van der Waals surface area contributed by atoms with Crippen LogP contribution >= 0.6 is 53.0 Å². The van der Waals surface area contributed by atoms with E-state index in [0.29, 0.717) is 0 Å². The molecule has 1 aliphatic carbocycles. The Balaban J connectivity index is 0.000000298. The fraction of sp³-hybridized carbons (Fsp3) is 0.533. The Labute approximate surface area is 172 Å². The number of hydrogen-bond acceptors (Lipinski definition) is 3. The van der Waals surface area contributed by atoms with Crippen molar-refractivity contribution in [2.24, 2.45) is 11.0 Å². The number of halogens is 6. The Morgan fingerprint density at radius 1 is 1.19 bits per heavy atom. The van der Waals surface area contributed by atoms with Crippen molar-refractivity contribution in [3.8, 4) is 0 Å². The van der Waals surface area contributed by atoms with Gasteiger partial charge in [0.2, 0.25) is 5.69 Å². The van der Waals surface area contributed by atoms with Crippen LogP contribution in [0.2, 0.25) is 0 Å². The average molecular weight is 594 g/mol. The van der Waals surface area contributed by atoms with Crippen LogP contribution in [-0.2, 0) is 9.53 Å².